The van der Waals surface area contributed by atoms with Crippen molar-refractivity contribution in [2.45, 2.75) is 25.6 Å². The van der Waals surface area contributed by atoms with Gasteiger partial charge >= 0.3 is 0 Å². The summed E-state index contributed by atoms with van der Waals surface area (Å²) in [6.07, 6.45) is 0. The zero-order chi connectivity index (χ0) is 18.3. The highest BCUT2D eigenvalue weighted by Crippen LogP contribution is 2.35. The van der Waals surface area contributed by atoms with Crippen molar-refractivity contribution in [2.24, 2.45) is 15.9 Å². The molecule has 0 aliphatic carbocycles. The molecule has 2 heterocycles. The first-order valence-corrected chi connectivity index (χ1v) is 9.50. The second kappa shape index (κ2) is 6.68. The van der Waals surface area contributed by atoms with E-state index in [1.54, 1.807) is 11.0 Å². The quantitative estimate of drug-likeness (QED) is 0.808. The fourth-order valence-electron chi connectivity index (χ4n) is 3.08. The molecule has 0 saturated carbocycles. The van der Waals surface area contributed by atoms with E-state index in [1.807, 2.05) is 44.2 Å². The molecule has 6 heteroatoms. The number of hydrogen-bond donors (Lipinski definition) is 0. The molecule has 0 fully saturated rings. The van der Waals surface area contributed by atoms with Crippen LogP contribution in [0.5, 0.6) is 0 Å². The molecular weight excluding hydrogens is 349 g/mol. The molecule has 0 aromatic heterocycles. The van der Waals surface area contributed by atoms with Gasteiger partial charge in [-0.1, -0.05) is 49.9 Å². The number of amidine groups is 2. The van der Waals surface area contributed by atoms with E-state index in [0.29, 0.717) is 16.8 Å². The largest absolute Gasteiger partial charge is 0.271 e. The molecule has 1 amide bonds. The molecule has 0 radical (unpaired) electrons. The summed E-state index contributed by atoms with van der Waals surface area (Å²) in [5, 5.41) is 0.597. The van der Waals surface area contributed by atoms with Crippen molar-refractivity contribution >= 4 is 34.4 Å². The number of carbonyl (C=O) groups is 1. The van der Waals surface area contributed by atoms with Gasteiger partial charge in [0.15, 0.2) is 5.17 Å². The van der Waals surface area contributed by atoms with Crippen molar-refractivity contribution in [2.75, 3.05) is 0 Å². The van der Waals surface area contributed by atoms with Crippen LogP contribution in [0.3, 0.4) is 0 Å². The summed E-state index contributed by atoms with van der Waals surface area (Å²) in [5.41, 5.74) is 2.53. The van der Waals surface area contributed by atoms with E-state index in [1.165, 1.54) is 23.9 Å². The molecule has 0 spiro atoms. The number of para-hydroxylation sites is 1. The third-order valence-corrected chi connectivity index (χ3v) is 5.40. The van der Waals surface area contributed by atoms with Gasteiger partial charge in [0.25, 0.3) is 5.91 Å². The molecule has 2 aromatic carbocycles. The van der Waals surface area contributed by atoms with Crippen LogP contribution >= 0.6 is 11.8 Å². The lowest BCUT2D eigenvalue weighted by Crippen LogP contribution is -2.41. The predicted octanol–water partition coefficient (Wildman–Crippen LogP) is 4.37. The predicted molar refractivity (Wildman–Crippen MR) is 103 cm³/mol. The monoisotopic (exact) mass is 367 g/mol. The van der Waals surface area contributed by atoms with E-state index < -0.39 is 6.04 Å². The summed E-state index contributed by atoms with van der Waals surface area (Å²) < 4.78 is 13.4. The maximum absolute atomic E-state index is 13.4. The smallest absolute Gasteiger partial charge is 0.259 e. The van der Waals surface area contributed by atoms with Crippen LogP contribution in [0.25, 0.3) is 0 Å². The van der Waals surface area contributed by atoms with Gasteiger partial charge in [-0.2, -0.15) is 0 Å². The number of aliphatic imine (C=N–C) groups is 2. The molecule has 2 aromatic rings. The standard InChI is InChI=1S/C20H18FN3OS/c1-12(2)17-19(25)24-18(23-17)15-8-3-4-9-16(15)22-20(24)26-11-13-6-5-7-14(21)10-13/h3-10,12,17H,11H2,1-2H3. The lowest BCUT2D eigenvalue weighted by Gasteiger charge is -2.25. The van der Waals surface area contributed by atoms with Crippen LogP contribution in [0.4, 0.5) is 10.1 Å². The normalized spacial score (nSPS) is 18.5. The molecule has 1 unspecified atom stereocenters. The lowest BCUT2D eigenvalue weighted by molar-refractivity contribution is -0.125. The summed E-state index contributed by atoms with van der Waals surface area (Å²) >= 11 is 1.42. The maximum Gasteiger partial charge on any atom is 0.259 e. The lowest BCUT2D eigenvalue weighted by atomic mass is 10.1. The number of hydrogen-bond acceptors (Lipinski definition) is 4. The summed E-state index contributed by atoms with van der Waals surface area (Å²) in [5.74, 6) is 0.999. The molecule has 26 heavy (non-hydrogen) atoms. The third kappa shape index (κ3) is 2.94. The van der Waals surface area contributed by atoms with Gasteiger partial charge in [-0.15, -0.1) is 0 Å². The summed E-state index contributed by atoms with van der Waals surface area (Å²) in [4.78, 5) is 23.9. The highest BCUT2D eigenvalue weighted by atomic mass is 32.2. The Bertz CT molecular complexity index is 938. The van der Waals surface area contributed by atoms with E-state index >= 15 is 0 Å². The number of fused-ring (bicyclic) bond motifs is 3. The number of halogens is 1. The Hall–Kier alpha value is -2.47. The highest BCUT2D eigenvalue weighted by molar-refractivity contribution is 8.13. The Balaban J connectivity index is 1.69. The first-order valence-electron chi connectivity index (χ1n) is 8.51. The summed E-state index contributed by atoms with van der Waals surface area (Å²) in [6, 6.07) is 13.8. The average molecular weight is 367 g/mol. The van der Waals surface area contributed by atoms with Crippen LogP contribution in [-0.4, -0.2) is 27.9 Å². The zero-order valence-corrected chi connectivity index (χ0v) is 15.3. The Morgan fingerprint density at radius 2 is 2.00 bits per heavy atom. The highest BCUT2D eigenvalue weighted by Gasteiger charge is 2.42. The van der Waals surface area contributed by atoms with Gasteiger partial charge in [0.1, 0.15) is 17.7 Å². The van der Waals surface area contributed by atoms with Gasteiger partial charge in [0.2, 0.25) is 0 Å². The minimum Gasteiger partial charge on any atom is -0.271 e. The van der Waals surface area contributed by atoms with Gasteiger partial charge < -0.3 is 0 Å². The van der Waals surface area contributed by atoms with Crippen LogP contribution in [0.15, 0.2) is 58.5 Å². The first kappa shape index (κ1) is 17.0. The van der Waals surface area contributed by atoms with Crippen molar-refractivity contribution < 1.29 is 9.18 Å². The van der Waals surface area contributed by atoms with Gasteiger partial charge in [-0.05, 0) is 35.7 Å². The van der Waals surface area contributed by atoms with Gasteiger partial charge in [-0.25, -0.2) is 14.3 Å². The molecule has 132 valence electrons. The maximum atomic E-state index is 13.4. The van der Waals surface area contributed by atoms with Crippen LogP contribution in [0.1, 0.15) is 25.0 Å². The molecule has 4 nitrogen and oxygen atoms in total. The second-order valence-corrected chi connectivity index (χ2v) is 7.59. The van der Waals surface area contributed by atoms with E-state index in [2.05, 4.69) is 4.99 Å². The third-order valence-electron chi connectivity index (χ3n) is 4.39. The Morgan fingerprint density at radius 3 is 2.77 bits per heavy atom. The molecule has 4 rings (SSSR count). The number of carbonyl (C=O) groups excluding carboxylic acids is 1. The van der Waals surface area contributed by atoms with Gasteiger partial charge in [0.05, 0.1) is 5.69 Å². The number of thioether (sulfide) groups is 1. The molecule has 0 N–H and O–H groups in total. The van der Waals surface area contributed by atoms with E-state index in [9.17, 15) is 9.18 Å². The van der Waals surface area contributed by atoms with Crippen molar-refractivity contribution in [1.29, 1.82) is 0 Å². The molecule has 1 atom stereocenters. The zero-order valence-electron chi connectivity index (χ0n) is 14.5. The number of rotatable bonds is 3. The van der Waals surface area contributed by atoms with Crippen molar-refractivity contribution in [3.63, 3.8) is 0 Å². The summed E-state index contributed by atoms with van der Waals surface area (Å²) in [7, 11) is 0. The number of benzene rings is 2. The van der Waals surface area contributed by atoms with E-state index in [4.69, 9.17) is 4.99 Å². The Morgan fingerprint density at radius 1 is 1.19 bits per heavy atom. The molecule has 2 aliphatic rings. The minimum absolute atomic E-state index is 0.0463. The van der Waals surface area contributed by atoms with Crippen LogP contribution < -0.4 is 0 Å². The van der Waals surface area contributed by atoms with E-state index in [0.717, 1.165) is 16.8 Å². The molecule has 0 saturated heterocycles. The number of nitrogens with zero attached hydrogens (tertiary/aromatic N) is 3. The fourth-order valence-corrected chi connectivity index (χ4v) is 4.02. The molecular formula is C20H18FN3OS. The second-order valence-electron chi connectivity index (χ2n) is 6.65. The summed E-state index contributed by atoms with van der Waals surface area (Å²) in [6.45, 7) is 3.99. The van der Waals surface area contributed by atoms with Gasteiger partial charge in [0, 0.05) is 11.3 Å². The molecule has 0 bridgehead atoms. The Labute approximate surface area is 155 Å². The van der Waals surface area contributed by atoms with Crippen molar-refractivity contribution in [3.8, 4) is 0 Å². The fraction of sp³-hybridized carbons (Fsp3) is 0.250. The first-order chi connectivity index (χ1) is 12.5. The number of amides is 1. The average Bonchev–Trinajstić information content (AvgIpc) is 2.98. The minimum atomic E-state index is -0.392. The SMILES string of the molecule is CC(C)C1N=C2c3ccccc3N=C(SCc3cccc(F)c3)N2C1=O. The van der Waals surface area contributed by atoms with Crippen LogP contribution in [-0.2, 0) is 10.5 Å². The molecule has 2 aliphatic heterocycles. The van der Waals surface area contributed by atoms with Gasteiger partial charge in [-0.3, -0.25) is 9.79 Å². The Kier molecular flexibility index (Phi) is 4.36. The van der Waals surface area contributed by atoms with E-state index in [-0.39, 0.29) is 17.6 Å². The van der Waals surface area contributed by atoms with Crippen LogP contribution in [0, 0.1) is 11.7 Å². The van der Waals surface area contributed by atoms with Crippen molar-refractivity contribution in [3.05, 3.63) is 65.5 Å². The van der Waals surface area contributed by atoms with Crippen molar-refractivity contribution in [1.82, 2.24) is 4.90 Å². The van der Waals surface area contributed by atoms with Crippen LogP contribution in [0.2, 0.25) is 0 Å². The topological polar surface area (TPSA) is 45.0 Å².